The quantitative estimate of drug-likeness (QED) is 0.0569. The van der Waals surface area contributed by atoms with Crippen molar-refractivity contribution in [2.75, 3.05) is 19.0 Å². The first kappa shape index (κ1) is 32.2. The number of aliphatic hydroxyl groups is 1. The van der Waals surface area contributed by atoms with Gasteiger partial charge >= 0.3 is 5.97 Å². The third-order valence-corrected chi connectivity index (χ3v) is 6.98. The number of methoxy groups -OCH3 is 1. The van der Waals surface area contributed by atoms with Gasteiger partial charge in [-0.3, -0.25) is 14.4 Å². The number of esters is 1. The van der Waals surface area contributed by atoms with Crippen molar-refractivity contribution in [1.82, 2.24) is 10.6 Å². The van der Waals surface area contributed by atoms with Gasteiger partial charge in [-0.15, -0.1) is 0 Å². The summed E-state index contributed by atoms with van der Waals surface area (Å²) in [5, 5.41) is 21.0. The minimum absolute atomic E-state index is 0.0398. The van der Waals surface area contributed by atoms with E-state index in [1.54, 1.807) is 24.3 Å². The molecule has 3 rings (SSSR count). The van der Waals surface area contributed by atoms with Gasteiger partial charge in [0.1, 0.15) is 12.1 Å². The number of carbonyl (C=O) groups excluding carboxylic acids is 4. The Morgan fingerprint density at radius 1 is 0.857 bits per heavy atom. The number of carbonyl (C=O) groups is 4. The number of unbranched alkanes of at least 4 members (excludes halogenated alkanes) is 2. The number of hydrogen-bond donors (Lipinski definition) is 5. The molecule has 0 spiro atoms. The predicted molar refractivity (Wildman–Crippen MR) is 162 cm³/mol. The van der Waals surface area contributed by atoms with Crippen LogP contribution in [0.5, 0.6) is 0 Å². The highest BCUT2D eigenvalue weighted by Gasteiger charge is 2.29. The van der Waals surface area contributed by atoms with Crippen LogP contribution in [0.1, 0.15) is 67.6 Å². The topological polar surface area (TPSA) is 160 Å². The van der Waals surface area contributed by atoms with E-state index >= 15 is 0 Å². The molecular weight excluding hydrogens is 536 g/mol. The first-order valence-corrected chi connectivity index (χ1v) is 14.2. The summed E-state index contributed by atoms with van der Waals surface area (Å²) in [6.07, 6.45) is 2.24. The number of ketones is 1. The van der Waals surface area contributed by atoms with Crippen LogP contribution in [-0.2, 0) is 19.1 Å². The maximum atomic E-state index is 13.3. The first-order chi connectivity index (χ1) is 20.3. The number of Topliss-reactive ketones (excluding diaryl/α,β-unsaturated/α-hetero) is 1. The van der Waals surface area contributed by atoms with Crippen LogP contribution >= 0.6 is 0 Å². The lowest BCUT2D eigenvalue weighted by molar-refractivity contribution is -0.145. The molecule has 42 heavy (non-hydrogen) atoms. The van der Waals surface area contributed by atoms with Crippen molar-refractivity contribution < 1.29 is 29.0 Å². The van der Waals surface area contributed by atoms with E-state index in [4.69, 9.17) is 10.5 Å². The van der Waals surface area contributed by atoms with Gasteiger partial charge in [0.05, 0.1) is 12.7 Å². The number of ether oxygens (including phenoxy) is 1. The molecule has 10 nitrogen and oxygen atoms in total. The average molecular weight is 577 g/mol. The maximum absolute atomic E-state index is 13.3. The number of rotatable bonds is 16. The lowest BCUT2D eigenvalue weighted by Crippen LogP contribution is -2.53. The first-order valence-electron chi connectivity index (χ1n) is 14.2. The fourth-order valence-corrected chi connectivity index (χ4v) is 4.61. The minimum atomic E-state index is -1.15. The van der Waals surface area contributed by atoms with Crippen LogP contribution in [0, 0.1) is 0 Å². The summed E-state index contributed by atoms with van der Waals surface area (Å²) in [7, 11) is 1.23. The Morgan fingerprint density at radius 3 is 2.26 bits per heavy atom. The molecule has 0 saturated carbocycles. The van der Waals surface area contributed by atoms with E-state index in [-0.39, 0.29) is 24.1 Å². The molecule has 3 unspecified atom stereocenters. The number of anilines is 1. The predicted octanol–water partition coefficient (Wildman–Crippen LogP) is 3.59. The summed E-state index contributed by atoms with van der Waals surface area (Å²) in [6, 6.07) is 17.7. The summed E-state index contributed by atoms with van der Waals surface area (Å²) in [5.74, 6) is -3.04. The van der Waals surface area contributed by atoms with Gasteiger partial charge in [-0.05, 0) is 54.8 Å². The Bertz CT molecular complexity index is 1380. The van der Waals surface area contributed by atoms with E-state index in [9.17, 15) is 24.3 Å². The molecule has 2 amide bonds. The second-order valence-electron chi connectivity index (χ2n) is 10.1. The van der Waals surface area contributed by atoms with Gasteiger partial charge in [0, 0.05) is 11.3 Å². The lowest BCUT2D eigenvalue weighted by Gasteiger charge is -2.22. The maximum Gasteiger partial charge on any atom is 0.328 e. The number of nitrogens with one attached hydrogen (secondary N) is 3. The fourth-order valence-electron chi connectivity index (χ4n) is 4.61. The van der Waals surface area contributed by atoms with Gasteiger partial charge in [0.2, 0.25) is 5.91 Å². The molecule has 0 aliphatic carbocycles. The van der Waals surface area contributed by atoms with Crippen LogP contribution < -0.4 is 21.7 Å². The highest BCUT2D eigenvalue weighted by molar-refractivity contribution is 6.44. The molecule has 0 heterocycles. The molecule has 0 bridgehead atoms. The van der Waals surface area contributed by atoms with Crippen molar-refractivity contribution >= 4 is 40.0 Å². The van der Waals surface area contributed by atoms with Gasteiger partial charge in [0.15, 0.2) is 6.23 Å². The Balaban J connectivity index is 1.75. The van der Waals surface area contributed by atoms with Crippen molar-refractivity contribution in [2.45, 2.75) is 63.8 Å². The Labute approximate surface area is 246 Å². The molecule has 0 aliphatic rings. The minimum Gasteiger partial charge on any atom is -0.467 e. The van der Waals surface area contributed by atoms with Crippen LogP contribution in [-0.4, -0.2) is 54.4 Å². The van der Waals surface area contributed by atoms with Crippen molar-refractivity contribution in [1.29, 1.82) is 0 Å². The van der Waals surface area contributed by atoms with E-state index in [1.807, 2.05) is 43.3 Å². The van der Waals surface area contributed by atoms with E-state index in [0.29, 0.717) is 24.9 Å². The molecule has 0 aromatic heterocycles. The third kappa shape index (κ3) is 8.86. The van der Waals surface area contributed by atoms with Gasteiger partial charge < -0.3 is 31.5 Å². The normalized spacial score (nSPS) is 13.0. The molecule has 3 aromatic rings. The zero-order valence-corrected chi connectivity index (χ0v) is 24.1. The van der Waals surface area contributed by atoms with Gasteiger partial charge in [-0.25, -0.2) is 4.79 Å². The van der Waals surface area contributed by atoms with Gasteiger partial charge in [-0.1, -0.05) is 74.7 Å². The molecule has 0 fully saturated rings. The number of nitrogens with two attached hydrogens (primary N) is 1. The number of aliphatic hydroxyl groups excluding tert-OH is 1. The molecule has 0 radical (unpaired) electrons. The monoisotopic (exact) mass is 576 g/mol. The van der Waals surface area contributed by atoms with E-state index in [2.05, 4.69) is 16.0 Å². The number of fused-ring (bicyclic) bond motifs is 1. The summed E-state index contributed by atoms with van der Waals surface area (Å²) in [5.41, 5.74) is 6.45. The van der Waals surface area contributed by atoms with E-state index in [1.165, 1.54) is 13.2 Å². The highest BCUT2D eigenvalue weighted by Crippen LogP contribution is 2.24. The second kappa shape index (κ2) is 16.2. The zero-order chi connectivity index (χ0) is 30.5. The summed E-state index contributed by atoms with van der Waals surface area (Å²) >= 11 is 0. The summed E-state index contributed by atoms with van der Waals surface area (Å²) in [4.78, 5) is 51.8. The third-order valence-electron chi connectivity index (χ3n) is 6.98. The van der Waals surface area contributed by atoms with Crippen molar-refractivity contribution in [3.05, 3.63) is 77.9 Å². The molecule has 3 aromatic carbocycles. The summed E-state index contributed by atoms with van der Waals surface area (Å²) in [6.45, 7) is 2.34. The fraction of sp³-hybridized carbons (Fsp3) is 0.375. The Kier molecular flexibility index (Phi) is 12.5. The average Bonchev–Trinajstić information content (AvgIpc) is 3.01. The largest absolute Gasteiger partial charge is 0.467 e. The Hall–Kier alpha value is -4.28. The van der Waals surface area contributed by atoms with Crippen molar-refractivity contribution in [2.24, 2.45) is 5.73 Å². The number of hydrogen-bond acceptors (Lipinski definition) is 8. The standard InChI is InChI=1S/C32H40N4O6/c1-3-4-5-15-26(30(39)36-27(16-10-19-33)32(41)42-2)35-31(40)28(37)24-13-8-9-14-25(24)34-29(38)23-18-17-21-11-6-7-12-22(21)20-23/h6-9,11-14,17-18,20,26-27,29,34,38H,3-5,10,15-16,19,33H2,1-2H3,(H,35,40)(H,36,39). The summed E-state index contributed by atoms with van der Waals surface area (Å²) < 4.78 is 4.80. The second-order valence-corrected chi connectivity index (χ2v) is 10.1. The molecule has 224 valence electrons. The molecule has 6 N–H and O–H groups in total. The van der Waals surface area contributed by atoms with Crippen molar-refractivity contribution in [3.63, 3.8) is 0 Å². The number of benzene rings is 3. The van der Waals surface area contributed by atoms with E-state index in [0.717, 1.165) is 23.6 Å². The van der Waals surface area contributed by atoms with Crippen LogP contribution in [0.15, 0.2) is 66.7 Å². The number of amides is 2. The molecule has 10 heteroatoms. The Morgan fingerprint density at radius 2 is 1.55 bits per heavy atom. The zero-order valence-electron chi connectivity index (χ0n) is 24.1. The molecule has 0 aliphatic heterocycles. The SMILES string of the molecule is CCCCCC(NC(=O)C(=O)c1ccccc1NC(O)c1ccc2ccccc2c1)C(=O)NC(CCCN)C(=O)OC. The van der Waals surface area contributed by atoms with Crippen LogP contribution in [0.3, 0.4) is 0 Å². The van der Waals surface area contributed by atoms with Crippen LogP contribution in [0.25, 0.3) is 10.8 Å². The van der Waals surface area contributed by atoms with Gasteiger partial charge in [0.25, 0.3) is 11.7 Å². The van der Waals surface area contributed by atoms with Gasteiger partial charge in [-0.2, -0.15) is 0 Å². The lowest BCUT2D eigenvalue weighted by atomic mass is 10.0. The van der Waals surface area contributed by atoms with Crippen LogP contribution in [0.4, 0.5) is 5.69 Å². The van der Waals surface area contributed by atoms with E-state index < -0.39 is 41.9 Å². The molecule has 3 atom stereocenters. The molecular formula is C32H40N4O6. The van der Waals surface area contributed by atoms with Crippen LogP contribution in [0.2, 0.25) is 0 Å². The van der Waals surface area contributed by atoms with Crippen molar-refractivity contribution in [3.8, 4) is 0 Å². The highest BCUT2D eigenvalue weighted by atomic mass is 16.5. The number of para-hydroxylation sites is 1. The molecule has 0 saturated heterocycles. The smallest absolute Gasteiger partial charge is 0.328 e.